The molecule has 6 rings (SSSR count). The van der Waals surface area contributed by atoms with Crippen molar-refractivity contribution in [2.45, 2.75) is 52.3 Å². The van der Waals surface area contributed by atoms with Crippen molar-refractivity contribution in [3.05, 3.63) is 107 Å². The maximum Gasteiger partial charge on any atom is 0.282 e. The molecule has 0 saturated heterocycles. The number of benzene rings is 2. The van der Waals surface area contributed by atoms with E-state index in [1.807, 2.05) is 67.1 Å². The van der Waals surface area contributed by atoms with E-state index >= 15 is 4.39 Å². The molecule has 1 N–H and O–H groups in total. The first-order chi connectivity index (χ1) is 21.1. The molecular formula is C33H36FN7O2Si. The summed E-state index contributed by atoms with van der Waals surface area (Å²) in [4.78, 5) is 23.1. The number of nitrogens with one attached hydrogen (secondary N) is 1. The highest BCUT2D eigenvalue weighted by Gasteiger charge is 2.24. The van der Waals surface area contributed by atoms with E-state index in [1.165, 1.54) is 12.4 Å². The molecule has 0 radical (unpaired) electrons. The standard InChI is InChI=1S/C33H36FN7O2Si/c1-22-15-16-40-29(22)33(42)41(24-11-7-6-8-12-24)31(38-40)23(2)37-30-28-26(25-13-9-10-14-27(25)34)19-39(32(28)36-20-35-30)21-43-17-18-44(3,4)5/h6-16,19-20,23H,17-18,21H2,1-5H3,(H,35,36,37). The Hall–Kier alpha value is -4.61. The minimum absolute atomic E-state index is 0.168. The molecular weight excluding hydrogens is 573 g/mol. The zero-order valence-electron chi connectivity index (χ0n) is 25.6. The molecule has 9 nitrogen and oxygen atoms in total. The van der Waals surface area contributed by atoms with Gasteiger partial charge in [0.05, 0.1) is 17.1 Å². The fourth-order valence-corrected chi connectivity index (χ4v) is 6.12. The van der Waals surface area contributed by atoms with E-state index in [0.717, 1.165) is 11.6 Å². The Bertz CT molecular complexity index is 2010. The average Bonchev–Trinajstić information content (AvgIpc) is 3.56. The summed E-state index contributed by atoms with van der Waals surface area (Å²) in [7, 11) is -1.26. The molecule has 1 unspecified atom stereocenters. The lowest BCUT2D eigenvalue weighted by molar-refractivity contribution is 0.0899. The smallest absolute Gasteiger partial charge is 0.282 e. The lowest BCUT2D eigenvalue weighted by atomic mass is 10.1. The summed E-state index contributed by atoms with van der Waals surface area (Å²) < 4.78 is 26.4. The Morgan fingerprint density at radius 2 is 1.75 bits per heavy atom. The van der Waals surface area contributed by atoms with Gasteiger partial charge in [0.15, 0.2) is 5.82 Å². The number of hydrogen-bond acceptors (Lipinski definition) is 6. The number of para-hydroxylation sites is 1. The first-order valence-electron chi connectivity index (χ1n) is 14.7. The highest BCUT2D eigenvalue weighted by atomic mass is 28.3. The number of hydrogen-bond donors (Lipinski definition) is 1. The van der Waals surface area contributed by atoms with Gasteiger partial charge in [-0.05, 0) is 49.7 Å². The summed E-state index contributed by atoms with van der Waals surface area (Å²) in [6, 6.07) is 18.6. The number of aryl methyl sites for hydroxylation is 1. The number of aromatic nitrogens is 6. The van der Waals surface area contributed by atoms with Crippen molar-refractivity contribution >= 4 is 30.4 Å². The van der Waals surface area contributed by atoms with Gasteiger partial charge in [-0.2, -0.15) is 5.10 Å². The predicted octanol–water partition coefficient (Wildman–Crippen LogP) is 6.83. The van der Waals surface area contributed by atoms with Gasteiger partial charge in [0.2, 0.25) is 0 Å². The topological polar surface area (TPSA) is 91.3 Å². The minimum Gasteiger partial charge on any atom is -0.361 e. The van der Waals surface area contributed by atoms with Gasteiger partial charge in [-0.15, -0.1) is 0 Å². The fraction of sp³-hybridized carbons (Fsp3) is 0.273. The van der Waals surface area contributed by atoms with Crippen molar-refractivity contribution in [3.8, 4) is 16.8 Å². The first-order valence-corrected chi connectivity index (χ1v) is 18.4. The molecule has 11 heteroatoms. The molecule has 0 aliphatic heterocycles. The minimum atomic E-state index is -1.26. The van der Waals surface area contributed by atoms with E-state index in [-0.39, 0.29) is 18.1 Å². The molecule has 0 saturated carbocycles. The molecule has 0 aliphatic rings. The van der Waals surface area contributed by atoms with E-state index in [0.29, 0.717) is 51.6 Å². The molecule has 0 amide bonds. The number of nitrogens with zero attached hydrogens (tertiary/aromatic N) is 6. The SMILES string of the molecule is Cc1ccn2nc(C(C)Nc3ncnc4c3c(-c3ccccc3F)cn4COCC[Si](C)(C)C)n(-c3ccccc3)c(=O)c12. The van der Waals surface area contributed by atoms with Gasteiger partial charge < -0.3 is 14.6 Å². The van der Waals surface area contributed by atoms with Crippen LogP contribution < -0.4 is 10.9 Å². The summed E-state index contributed by atoms with van der Waals surface area (Å²) in [5.41, 5.74) is 3.60. The van der Waals surface area contributed by atoms with Gasteiger partial charge >= 0.3 is 0 Å². The third-order valence-corrected chi connectivity index (χ3v) is 9.42. The van der Waals surface area contributed by atoms with Crippen LogP contribution in [-0.4, -0.2) is 43.4 Å². The van der Waals surface area contributed by atoms with Gasteiger partial charge in [0.25, 0.3) is 5.56 Å². The van der Waals surface area contributed by atoms with Crippen molar-refractivity contribution < 1.29 is 9.13 Å². The van der Waals surface area contributed by atoms with Gasteiger partial charge in [0, 0.05) is 38.2 Å². The second-order valence-corrected chi connectivity index (χ2v) is 17.9. The summed E-state index contributed by atoms with van der Waals surface area (Å²) >= 11 is 0. The van der Waals surface area contributed by atoms with E-state index < -0.39 is 14.1 Å². The van der Waals surface area contributed by atoms with Crippen molar-refractivity contribution in [1.29, 1.82) is 0 Å². The molecule has 0 aliphatic carbocycles. The predicted molar refractivity (Wildman–Crippen MR) is 175 cm³/mol. The van der Waals surface area contributed by atoms with Crippen LogP contribution in [0, 0.1) is 12.7 Å². The first kappa shape index (κ1) is 29.5. The summed E-state index contributed by atoms with van der Waals surface area (Å²) in [5.74, 6) is 0.652. The molecule has 1 atom stereocenters. The fourth-order valence-electron chi connectivity index (χ4n) is 5.36. The van der Waals surface area contributed by atoms with Crippen molar-refractivity contribution in [3.63, 3.8) is 0 Å². The Kier molecular flexibility index (Phi) is 7.91. The van der Waals surface area contributed by atoms with Crippen LogP contribution in [0.2, 0.25) is 25.7 Å². The molecule has 2 aromatic carbocycles. The zero-order chi connectivity index (χ0) is 31.0. The van der Waals surface area contributed by atoms with Gasteiger partial charge in [-0.25, -0.2) is 18.9 Å². The van der Waals surface area contributed by atoms with Crippen LogP contribution >= 0.6 is 0 Å². The largest absolute Gasteiger partial charge is 0.361 e. The lowest BCUT2D eigenvalue weighted by Gasteiger charge is -2.20. The summed E-state index contributed by atoms with van der Waals surface area (Å²) in [6.07, 6.45) is 5.14. The number of halogens is 1. The van der Waals surface area contributed by atoms with Crippen molar-refractivity contribution in [2.24, 2.45) is 0 Å². The molecule has 0 bridgehead atoms. The van der Waals surface area contributed by atoms with Crippen molar-refractivity contribution in [1.82, 2.24) is 28.7 Å². The second-order valence-electron chi connectivity index (χ2n) is 12.3. The zero-order valence-corrected chi connectivity index (χ0v) is 26.6. The van der Waals surface area contributed by atoms with Crippen LogP contribution in [0.4, 0.5) is 10.2 Å². The van der Waals surface area contributed by atoms with Crippen LogP contribution in [0.3, 0.4) is 0 Å². The quantitative estimate of drug-likeness (QED) is 0.135. The van der Waals surface area contributed by atoms with Gasteiger partial charge in [0.1, 0.15) is 35.9 Å². The van der Waals surface area contributed by atoms with Crippen LogP contribution in [0.1, 0.15) is 24.4 Å². The lowest BCUT2D eigenvalue weighted by Crippen LogP contribution is -2.29. The summed E-state index contributed by atoms with van der Waals surface area (Å²) in [5, 5.41) is 9.01. The number of anilines is 1. The molecule has 0 spiro atoms. The summed E-state index contributed by atoms with van der Waals surface area (Å²) in [6.45, 7) is 11.7. The highest BCUT2D eigenvalue weighted by Crippen LogP contribution is 2.36. The third-order valence-electron chi connectivity index (χ3n) is 7.71. The average molecular weight is 610 g/mol. The number of rotatable bonds is 10. The van der Waals surface area contributed by atoms with E-state index in [9.17, 15) is 4.79 Å². The molecule has 4 aromatic heterocycles. The van der Waals surface area contributed by atoms with Crippen LogP contribution in [0.25, 0.3) is 33.4 Å². The second kappa shape index (κ2) is 11.8. The third kappa shape index (κ3) is 5.68. The molecule has 0 fully saturated rings. The Morgan fingerprint density at radius 1 is 1.00 bits per heavy atom. The molecule has 4 heterocycles. The molecule has 6 aromatic rings. The number of fused-ring (bicyclic) bond motifs is 2. The van der Waals surface area contributed by atoms with Crippen molar-refractivity contribution in [2.75, 3.05) is 11.9 Å². The van der Waals surface area contributed by atoms with E-state index in [2.05, 4.69) is 34.9 Å². The Balaban J connectivity index is 1.45. The highest BCUT2D eigenvalue weighted by molar-refractivity contribution is 6.76. The van der Waals surface area contributed by atoms with Gasteiger partial charge in [-0.3, -0.25) is 9.36 Å². The monoisotopic (exact) mass is 609 g/mol. The van der Waals surface area contributed by atoms with Crippen LogP contribution in [0.5, 0.6) is 0 Å². The normalized spacial score (nSPS) is 12.7. The van der Waals surface area contributed by atoms with E-state index in [4.69, 9.17) is 9.84 Å². The van der Waals surface area contributed by atoms with Gasteiger partial charge in [-0.1, -0.05) is 56.0 Å². The number of ether oxygens (including phenoxy) is 1. The van der Waals surface area contributed by atoms with Crippen LogP contribution in [-0.2, 0) is 11.5 Å². The van der Waals surface area contributed by atoms with Crippen LogP contribution in [0.15, 0.2) is 84.2 Å². The Labute approximate surface area is 256 Å². The molecule has 44 heavy (non-hydrogen) atoms. The maximum absolute atomic E-state index is 15.2. The van der Waals surface area contributed by atoms with E-state index in [1.54, 1.807) is 27.4 Å². The Morgan fingerprint density at radius 3 is 2.50 bits per heavy atom. The molecule has 226 valence electrons. The maximum atomic E-state index is 15.2.